The molecule has 10 heteroatoms. The van der Waals surface area contributed by atoms with Crippen LogP contribution in [0.5, 0.6) is 0 Å². The average Bonchev–Trinajstić information content (AvgIpc) is 3.04. The van der Waals surface area contributed by atoms with Crippen LogP contribution in [0.25, 0.3) is 15.5 Å². The van der Waals surface area contributed by atoms with Crippen molar-refractivity contribution in [3.8, 4) is 10.6 Å². The molecule has 0 saturated carbocycles. The summed E-state index contributed by atoms with van der Waals surface area (Å²) in [5, 5.41) is 36.2. The summed E-state index contributed by atoms with van der Waals surface area (Å²) in [7, 11) is 0. The molecule has 0 atom stereocenters. The first-order valence-corrected chi connectivity index (χ1v) is 6.79. The third-order valence-corrected chi connectivity index (χ3v) is 3.91. The van der Waals surface area contributed by atoms with Crippen LogP contribution < -0.4 is 0 Å². The second kappa shape index (κ2) is 5.46. The molecule has 1 aromatic carbocycles. The first kappa shape index (κ1) is 13.5. The van der Waals surface area contributed by atoms with Crippen LogP contribution in [0.2, 0.25) is 5.02 Å². The van der Waals surface area contributed by atoms with Gasteiger partial charge in [-0.2, -0.15) is 9.61 Å². The van der Waals surface area contributed by atoms with Gasteiger partial charge in [0.05, 0.1) is 11.2 Å². The van der Waals surface area contributed by atoms with Crippen LogP contribution in [0, 0.1) is 0 Å². The van der Waals surface area contributed by atoms with Crippen molar-refractivity contribution in [3.63, 3.8) is 0 Å². The minimum atomic E-state index is 0.324. The van der Waals surface area contributed by atoms with Crippen LogP contribution in [-0.2, 0) is 0 Å². The summed E-state index contributed by atoms with van der Waals surface area (Å²) in [5.74, 6) is 0.324. The Hall–Kier alpha value is -2.52. The lowest BCUT2D eigenvalue weighted by Crippen LogP contribution is -1.94. The Morgan fingerprint density at radius 3 is 2.71 bits per heavy atom. The van der Waals surface area contributed by atoms with Gasteiger partial charge in [-0.15, -0.1) is 10.2 Å². The number of aromatic nitrogens is 4. The highest BCUT2D eigenvalue weighted by atomic mass is 35.5. The quantitative estimate of drug-likeness (QED) is 0.436. The Morgan fingerprint density at radius 2 is 2.00 bits per heavy atom. The van der Waals surface area contributed by atoms with E-state index < -0.39 is 0 Å². The van der Waals surface area contributed by atoms with Crippen molar-refractivity contribution in [2.75, 3.05) is 0 Å². The van der Waals surface area contributed by atoms with E-state index in [1.165, 1.54) is 22.1 Å². The smallest absolute Gasteiger partial charge is 0.235 e. The van der Waals surface area contributed by atoms with Crippen molar-refractivity contribution in [2.24, 2.45) is 10.3 Å². The summed E-state index contributed by atoms with van der Waals surface area (Å²) in [6.45, 7) is 0. The Labute approximate surface area is 126 Å². The fraction of sp³-hybridized carbons (Fsp3) is 0. The molecule has 0 aliphatic carbocycles. The van der Waals surface area contributed by atoms with Crippen molar-refractivity contribution in [1.82, 2.24) is 19.8 Å². The summed E-state index contributed by atoms with van der Waals surface area (Å²) >= 11 is 7.42. The van der Waals surface area contributed by atoms with Gasteiger partial charge in [0.1, 0.15) is 11.2 Å². The molecule has 2 N–H and O–H groups in total. The van der Waals surface area contributed by atoms with E-state index in [0.717, 1.165) is 11.8 Å². The second-order valence-electron chi connectivity index (χ2n) is 3.89. The highest BCUT2D eigenvalue weighted by Gasteiger charge is 2.12. The van der Waals surface area contributed by atoms with E-state index in [0.29, 0.717) is 26.4 Å². The van der Waals surface area contributed by atoms with Crippen molar-refractivity contribution >= 4 is 40.3 Å². The molecule has 0 bridgehead atoms. The zero-order chi connectivity index (χ0) is 14.8. The summed E-state index contributed by atoms with van der Waals surface area (Å²) in [6, 6.07) is 5.23. The Balaban J connectivity index is 2.06. The maximum atomic E-state index is 8.55. The van der Waals surface area contributed by atoms with Gasteiger partial charge in [0, 0.05) is 11.1 Å². The number of oxime groups is 2. The molecule has 0 spiro atoms. The van der Waals surface area contributed by atoms with Crippen molar-refractivity contribution in [2.45, 2.75) is 0 Å². The molecule has 21 heavy (non-hydrogen) atoms. The number of hydrogen-bond donors (Lipinski definition) is 2. The fourth-order valence-electron chi connectivity index (χ4n) is 1.71. The maximum absolute atomic E-state index is 8.55. The van der Waals surface area contributed by atoms with E-state index in [9.17, 15) is 0 Å². The summed E-state index contributed by atoms with van der Waals surface area (Å²) in [6.07, 6.45) is 2.40. The zero-order valence-corrected chi connectivity index (χ0v) is 11.8. The van der Waals surface area contributed by atoms with Gasteiger partial charge in [0.2, 0.25) is 10.8 Å². The fourth-order valence-corrected chi connectivity index (χ4v) is 2.78. The molecule has 106 valence electrons. The Morgan fingerprint density at radius 1 is 1.19 bits per heavy atom. The molecule has 0 aliphatic rings. The lowest BCUT2D eigenvalue weighted by Gasteiger charge is -2.00. The highest BCUT2D eigenvalue weighted by Crippen LogP contribution is 2.28. The minimum absolute atomic E-state index is 0.324. The van der Waals surface area contributed by atoms with E-state index in [1.807, 2.05) is 0 Å². The molecular weight excluding hydrogens is 316 g/mol. The SMILES string of the molecule is O/N=C\c1ccc(-c2nn3c(/C=N\O)nnc3s2)cc1Cl. The van der Waals surface area contributed by atoms with E-state index in [-0.39, 0.29) is 0 Å². The number of fused-ring (bicyclic) bond motifs is 1. The highest BCUT2D eigenvalue weighted by molar-refractivity contribution is 7.19. The topological polar surface area (TPSA) is 108 Å². The van der Waals surface area contributed by atoms with Gasteiger partial charge in [-0.25, -0.2) is 0 Å². The first-order valence-electron chi connectivity index (χ1n) is 5.60. The van der Waals surface area contributed by atoms with E-state index in [2.05, 4.69) is 25.6 Å². The number of halogens is 1. The molecule has 3 aromatic rings. The Bertz CT molecular complexity index is 856. The molecular formula is C11H7ClN6O2S. The average molecular weight is 323 g/mol. The normalized spacial score (nSPS) is 12.0. The minimum Gasteiger partial charge on any atom is -0.411 e. The van der Waals surface area contributed by atoms with Gasteiger partial charge < -0.3 is 10.4 Å². The second-order valence-corrected chi connectivity index (χ2v) is 5.25. The molecule has 3 rings (SSSR count). The third-order valence-electron chi connectivity index (χ3n) is 2.63. The number of hydrogen-bond acceptors (Lipinski definition) is 8. The van der Waals surface area contributed by atoms with E-state index >= 15 is 0 Å². The molecule has 0 aliphatic heterocycles. The van der Waals surface area contributed by atoms with Gasteiger partial charge in [0.15, 0.2) is 0 Å². The number of benzene rings is 1. The van der Waals surface area contributed by atoms with Gasteiger partial charge >= 0.3 is 0 Å². The molecule has 0 unspecified atom stereocenters. The van der Waals surface area contributed by atoms with Gasteiger partial charge in [-0.1, -0.05) is 45.4 Å². The molecule has 2 heterocycles. The van der Waals surface area contributed by atoms with Gasteiger partial charge in [-0.3, -0.25) is 0 Å². The zero-order valence-electron chi connectivity index (χ0n) is 10.3. The standard InChI is InChI=1S/C11H7ClN6O2S/c12-8-3-6(1-2-7(8)4-13-19)10-17-18-9(5-14-20)15-16-11(18)21-10/h1-5,19-20H/b13-4-,14-5-. The summed E-state index contributed by atoms with van der Waals surface area (Å²) in [5.41, 5.74) is 1.39. The van der Waals surface area contributed by atoms with Gasteiger partial charge in [0.25, 0.3) is 0 Å². The lowest BCUT2D eigenvalue weighted by molar-refractivity contribution is 0.321. The molecule has 0 radical (unpaired) electrons. The van der Waals surface area contributed by atoms with Crippen molar-refractivity contribution < 1.29 is 10.4 Å². The molecule has 0 saturated heterocycles. The van der Waals surface area contributed by atoms with Gasteiger partial charge in [-0.05, 0) is 6.07 Å². The maximum Gasteiger partial charge on any atom is 0.235 e. The van der Waals surface area contributed by atoms with Crippen LogP contribution in [0.4, 0.5) is 0 Å². The van der Waals surface area contributed by atoms with Crippen LogP contribution in [0.3, 0.4) is 0 Å². The molecule has 0 amide bonds. The van der Waals surface area contributed by atoms with Crippen LogP contribution >= 0.6 is 22.9 Å². The number of rotatable bonds is 3. The lowest BCUT2D eigenvalue weighted by atomic mass is 10.1. The van der Waals surface area contributed by atoms with Crippen LogP contribution in [-0.4, -0.2) is 42.7 Å². The molecule has 2 aromatic heterocycles. The third kappa shape index (κ3) is 2.43. The molecule has 0 fully saturated rings. The van der Waals surface area contributed by atoms with E-state index in [4.69, 9.17) is 22.0 Å². The molecule has 8 nitrogen and oxygen atoms in total. The monoisotopic (exact) mass is 322 g/mol. The first-order chi connectivity index (χ1) is 10.2. The van der Waals surface area contributed by atoms with Crippen molar-refractivity contribution in [1.29, 1.82) is 0 Å². The number of nitrogens with zero attached hydrogens (tertiary/aromatic N) is 6. The van der Waals surface area contributed by atoms with Crippen LogP contribution in [0.1, 0.15) is 11.4 Å². The Kier molecular flexibility index (Phi) is 3.50. The summed E-state index contributed by atoms with van der Waals surface area (Å²) < 4.78 is 1.47. The van der Waals surface area contributed by atoms with Crippen LogP contribution in [0.15, 0.2) is 28.5 Å². The predicted octanol–water partition coefficient (Wildman–Crippen LogP) is 2.12. The van der Waals surface area contributed by atoms with Crippen molar-refractivity contribution in [3.05, 3.63) is 34.6 Å². The largest absolute Gasteiger partial charge is 0.411 e. The summed E-state index contributed by atoms with van der Waals surface area (Å²) in [4.78, 5) is 0.567. The van der Waals surface area contributed by atoms with E-state index in [1.54, 1.807) is 18.2 Å². The predicted molar refractivity (Wildman–Crippen MR) is 77.9 cm³/mol.